The molecule has 2 atom stereocenters. The SMILES string of the molecule is CCCC1CCCC(O)(c2ccsc2C)CC1. The third-order valence-electron chi connectivity index (χ3n) is 4.23. The summed E-state index contributed by atoms with van der Waals surface area (Å²) >= 11 is 1.75. The molecule has 0 aromatic carbocycles. The lowest BCUT2D eigenvalue weighted by Crippen LogP contribution is -2.25. The number of aliphatic hydroxyl groups is 1. The Balaban J connectivity index is 2.09. The Morgan fingerprint density at radius 2 is 2.24 bits per heavy atom. The molecular formula is C15H24OS. The summed E-state index contributed by atoms with van der Waals surface area (Å²) in [7, 11) is 0. The van der Waals surface area contributed by atoms with Crippen LogP contribution in [0.3, 0.4) is 0 Å². The first-order chi connectivity index (χ1) is 8.15. The molecule has 1 aromatic rings. The van der Waals surface area contributed by atoms with Crippen LogP contribution in [0.15, 0.2) is 11.4 Å². The minimum absolute atomic E-state index is 0.535. The van der Waals surface area contributed by atoms with Crippen LogP contribution in [-0.4, -0.2) is 5.11 Å². The van der Waals surface area contributed by atoms with E-state index in [0.717, 1.165) is 18.8 Å². The van der Waals surface area contributed by atoms with Gasteiger partial charge in [0.2, 0.25) is 0 Å². The van der Waals surface area contributed by atoms with Crippen LogP contribution in [-0.2, 0) is 5.60 Å². The second kappa shape index (κ2) is 5.53. The number of hydrogen-bond donors (Lipinski definition) is 1. The Bertz CT molecular complexity index is 358. The van der Waals surface area contributed by atoms with Crippen LogP contribution in [0.2, 0.25) is 0 Å². The molecule has 0 aliphatic heterocycles. The highest BCUT2D eigenvalue weighted by atomic mass is 32.1. The van der Waals surface area contributed by atoms with Crippen molar-refractivity contribution < 1.29 is 5.11 Å². The van der Waals surface area contributed by atoms with E-state index in [0.29, 0.717) is 0 Å². The molecule has 1 heterocycles. The smallest absolute Gasteiger partial charge is 0.0907 e. The minimum atomic E-state index is -0.535. The van der Waals surface area contributed by atoms with Crippen molar-refractivity contribution in [3.8, 4) is 0 Å². The van der Waals surface area contributed by atoms with E-state index in [1.807, 2.05) is 0 Å². The molecule has 0 bridgehead atoms. The van der Waals surface area contributed by atoms with E-state index in [9.17, 15) is 5.11 Å². The third-order valence-corrected chi connectivity index (χ3v) is 5.07. The zero-order chi connectivity index (χ0) is 12.3. The summed E-state index contributed by atoms with van der Waals surface area (Å²) in [6, 6.07) is 2.13. The summed E-state index contributed by atoms with van der Waals surface area (Å²) in [5, 5.41) is 13.0. The van der Waals surface area contributed by atoms with Crippen molar-refractivity contribution in [2.24, 2.45) is 5.92 Å². The predicted molar refractivity (Wildman–Crippen MR) is 74.4 cm³/mol. The topological polar surface area (TPSA) is 20.2 Å². The zero-order valence-corrected chi connectivity index (χ0v) is 11.9. The summed E-state index contributed by atoms with van der Waals surface area (Å²) in [5.74, 6) is 0.841. The molecule has 2 heteroatoms. The Morgan fingerprint density at radius 3 is 2.88 bits per heavy atom. The van der Waals surface area contributed by atoms with Gasteiger partial charge in [-0.3, -0.25) is 0 Å². The van der Waals surface area contributed by atoms with Crippen LogP contribution in [0, 0.1) is 12.8 Å². The number of rotatable bonds is 3. The second-order valence-corrected chi connectivity index (χ2v) is 6.63. The van der Waals surface area contributed by atoms with Gasteiger partial charge in [-0.15, -0.1) is 11.3 Å². The highest BCUT2D eigenvalue weighted by molar-refractivity contribution is 7.10. The van der Waals surface area contributed by atoms with Crippen molar-refractivity contribution in [2.75, 3.05) is 0 Å². The molecule has 1 fully saturated rings. The lowest BCUT2D eigenvalue weighted by atomic mass is 9.86. The van der Waals surface area contributed by atoms with Crippen LogP contribution >= 0.6 is 11.3 Å². The van der Waals surface area contributed by atoms with Crippen LogP contribution in [0.5, 0.6) is 0 Å². The van der Waals surface area contributed by atoms with Gasteiger partial charge in [-0.25, -0.2) is 0 Å². The van der Waals surface area contributed by atoms with E-state index < -0.39 is 5.60 Å². The summed E-state index contributed by atoms with van der Waals surface area (Å²) < 4.78 is 0. The minimum Gasteiger partial charge on any atom is -0.385 e. The first kappa shape index (κ1) is 13.1. The predicted octanol–water partition coefficient (Wildman–Crippen LogP) is 4.62. The molecule has 0 saturated heterocycles. The van der Waals surface area contributed by atoms with Gasteiger partial charge in [0.05, 0.1) is 5.60 Å². The summed E-state index contributed by atoms with van der Waals surface area (Å²) in [5.41, 5.74) is 0.659. The van der Waals surface area contributed by atoms with Gasteiger partial charge in [0.1, 0.15) is 0 Å². The molecule has 1 aliphatic carbocycles. The van der Waals surface area contributed by atoms with Gasteiger partial charge < -0.3 is 5.11 Å². The van der Waals surface area contributed by atoms with Gasteiger partial charge >= 0.3 is 0 Å². The highest BCUT2D eigenvalue weighted by Crippen LogP contribution is 2.41. The Labute approximate surface area is 109 Å². The first-order valence-corrected chi connectivity index (χ1v) is 7.80. The fourth-order valence-corrected chi connectivity index (χ4v) is 4.02. The maximum Gasteiger partial charge on any atom is 0.0907 e. The molecule has 17 heavy (non-hydrogen) atoms. The number of aryl methyl sites for hydroxylation is 1. The van der Waals surface area contributed by atoms with Gasteiger partial charge in [-0.05, 0) is 55.5 Å². The Morgan fingerprint density at radius 1 is 1.41 bits per heavy atom. The first-order valence-electron chi connectivity index (χ1n) is 6.92. The maximum absolute atomic E-state index is 10.9. The molecule has 2 rings (SSSR count). The van der Waals surface area contributed by atoms with Gasteiger partial charge in [0.25, 0.3) is 0 Å². The van der Waals surface area contributed by atoms with Gasteiger partial charge in [-0.1, -0.05) is 26.2 Å². The van der Waals surface area contributed by atoms with Crippen LogP contribution in [0.1, 0.15) is 62.3 Å². The molecule has 1 N–H and O–H groups in total. The zero-order valence-electron chi connectivity index (χ0n) is 11.0. The molecular weight excluding hydrogens is 228 g/mol. The van der Waals surface area contributed by atoms with E-state index in [2.05, 4.69) is 25.3 Å². The van der Waals surface area contributed by atoms with Crippen LogP contribution in [0.4, 0.5) is 0 Å². The summed E-state index contributed by atoms with van der Waals surface area (Å²) in [4.78, 5) is 1.29. The monoisotopic (exact) mass is 252 g/mol. The fourth-order valence-electron chi connectivity index (χ4n) is 3.23. The normalized spacial score (nSPS) is 30.2. The lowest BCUT2D eigenvalue weighted by Gasteiger charge is -2.27. The van der Waals surface area contributed by atoms with Crippen molar-refractivity contribution in [1.29, 1.82) is 0 Å². The van der Waals surface area contributed by atoms with Crippen LogP contribution < -0.4 is 0 Å². The molecule has 0 spiro atoms. The number of hydrogen-bond acceptors (Lipinski definition) is 2. The van der Waals surface area contributed by atoms with E-state index >= 15 is 0 Å². The van der Waals surface area contributed by atoms with E-state index in [-0.39, 0.29) is 0 Å². The molecule has 2 unspecified atom stereocenters. The Kier molecular flexibility index (Phi) is 4.26. The molecule has 0 amide bonds. The average Bonchev–Trinajstić information content (AvgIpc) is 2.64. The highest BCUT2D eigenvalue weighted by Gasteiger charge is 2.33. The van der Waals surface area contributed by atoms with Crippen LogP contribution in [0.25, 0.3) is 0 Å². The summed E-state index contributed by atoms with van der Waals surface area (Å²) in [6.45, 7) is 4.40. The average molecular weight is 252 g/mol. The quantitative estimate of drug-likeness (QED) is 0.778. The molecule has 1 nitrogen and oxygen atoms in total. The van der Waals surface area contributed by atoms with Crippen molar-refractivity contribution in [3.05, 3.63) is 21.9 Å². The van der Waals surface area contributed by atoms with Crippen molar-refractivity contribution >= 4 is 11.3 Å². The van der Waals surface area contributed by atoms with Gasteiger partial charge in [0, 0.05) is 4.88 Å². The molecule has 0 radical (unpaired) electrons. The molecule has 96 valence electrons. The van der Waals surface area contributed by atoms with E-state index in [4.69, 9.17) is 0 Å². The molecule has 1 aromatic heterocycles. The lowest BCUT2D eigenvalue weighted by molar-refractivity contribution is 0.0194. The van der Waals surface area contributed by atoms with E-state index in [1.54, 1.807) is 11.3 Å². The van der Waals surface area contributed by atoms with Crippen molar-refractivity contribution in [3.63, 3.8) is 0 Å². The van der Waals surface area contributed by atoms with Crippen molar-refractivity contribution in [2.45, 2.75) is 64.4 Å². The number of thiophene rings is 1. The largest absolute Gasteiger partial charge is 0.385 e. The summed E-state index contributed by atoms with van der Waals surface area (Å²) in [6.07, 6.45) is 8.19. The molecule has 1 aliphatic rings. The third kappa shape index (κ3) is 2.92. The van der Waals surface area contributed by atoms with Gasteiger partial charge in [0.15, 0.2) is 0 Å². The second-order valence-electron chi connectivity index (χ2n) is 5.51. The standard InChI is InChI=1S/C15H24OS/c1-3-5-13-6-4-9-15(16,10-7-13)14-8-11-17-12(14)2/h8,11,13,16H,3-7,9-10H2,1-2H3. The van der Waals surface area contributed by atoms with Crippen molar-refractivity contribution in [1.82, 2.24) is 0 Å². The van der Waals surface area contributed by atoms with Gasteiger partial charge in [-0.2, -0.15) is 0 Å². The fraction of sp³-hybridized carbons (Fsp3) is 0.733. The maximum atomic E-state index is 10.9. The molecule has 1 saturated carbocycles. The Hall–Kier alpha value is -0.340. The van der Waals surface area contributed by atoms with E-state index in [1.165, 1.54) is 42.5 Å².